The first-order valence-electron chi connectivity index (χ1n) is 4.99. The van der Waals surface area contributed by atoms with Gasteiger partial charge in [-0.25, -0.2) is 0 Å². The van der Waals surface area contributed by atoms with Crippen LogP contribution in [0.4, 0.5) is 0 Å². The summed E-state index contributed by atoms with van der Waals surface area (Å²) in [6, 6.07) is 2.18. The van der Waals surface area contributed by atoms with Crippen LogP contribution in [-0.2, 0) is 4.74 Å². The molecule has 76 valence electrons. The molecule has 13 heavy (non-hydrogen) atoms. The van der Waals surface area contributed by atoms with Gasteiger partial charge in [0.15, 0.2) is 0 Å². The Morgan fingerprint density at radius 3 is 2.85 bits per heavy atom. The van der Waals surface area contributed by atoms with Crippen molar-refractivity contribution in [3.63, 3.8) is 0 Å². The fourth-order valence-corrected chi connectivity index (χ4v) is 0.910. The van der Waals surface area contributed by atoms with Crippen LogP contribution in [0, 0.1) is 17.2 Å². The van der Waals surface area contributed by atoms with Crippen LogP contribution in [0.2, 0.25) is 0 Å². The molecule has 0 amide bonds. The van der Waals surface area contributed by atoms with Crippen LogP contribution in [0.5, 0.6) is 0 Å². The standard InChI is InChI=1S/C10H20N2O/c1-3-6-13-7-4-5-12-9-10(2)8-11/h10,12H,3-7,9H2,1-2H3. The normalized spacial score (nSPS) is 12.4. The zero-order chi connectivity index (χ0) is 9.94. The van der Waals surface area contributed by atoms with Gasteiger partial charge < -0.3 is 10.1 Å². The molecule has 0 spiro atoms. The first-order valence-corrected chi connectivity index (χ1v) is 4.99. The van der Waals surface area contributed by atoms with Crippen LogP contribution in [0.25, 0.3) is 0 Å². The van der Waals surface area contributed by atoms with Crippen molar-refractivity contribution in [2.75, 3.05) is 26.3 Å². The fourth-order valence-electron chi connectivity index (χ4n) is 0.910. The van der Waals surface area contributed by atoms with Gasteiger partial charge in [-0.05, 0) is 26.3 Å². The van der Waals surface area contributed by atoms with Crippen molar-refractivity contribution >= 4 is 0 Å². The van der Waals surface area contributed by atoms with Crippen molar-refractivity contribution in [1.82, 2.24) is 5.32 Å². The smallest absolute Gasteiger partial charge is 0.0666 e. The van der Waals surface area contributed by atoms with Crippen LogP contribution >= 0.6 is 0 Å². The molecule has 0 aliphatic heterocycles. The average Bonchev–Trinajstić information content (AvgIpc) is 2.16. The van der Waals surface area contributed by atoms with Crippen LogP contribution in [0.15, 0.2) is 0 Å². The summed E-state index contributed by atoms with van der Waals surface area (Å²) in [6.45, 7) is 7.42. The van der Waals surface area contributed by atoms with E-state index < -0.39 is 0 Å². The topological polar surface area (TPSA) is 45.0 Å². The lowest BCUT2D eigenvalue weighted by molar-refractivity contribution is 0.132. The zero-order valence-electron chi connectivity index (χ0n) is 8.68. The van der Waals surface area contributed by atoms with E-state index in [1.807, 2.05) is 6.92 Å². The van der Waals surface area contributed by atoms with E-state index in [1.165, 1.54) is 0 Å². The molecule has 1 N–H and O–H groups in total. The summed E-state index contributed by atoms with van der Waals surface area (Å²) in [7, 11) is 0. The van der Waals surface area contributed by atoms with Gasteiger partial charge in [0.05, 0.1) is 12.0 Å². The number of nitriles is 1. The first-order chi connectivity index (χ1) is 6.31. The minimum Gasteiger partial charge on any atom is -0.381 e. The molecule has 0 aromatic heterocycles. The highest BCUT2D eigenvalue weighted by molar-refractivity contribution is 4.79. The van der Waals surface area contributed by atoms with Gasteiger partial charge in [-0.3, -0.25) is 0 Å². The Labute approximate surface area is 81.1 Å². The highest BCUT2D eigenvalue weighted by atomic mass is 16.5. The summed E-state index contributed by atoms with van der Waals surface area (Å²) < 4.78 is 5.31. The SMILES string of the molecule is CCCOCCCNCC(C)C#N. The van der Waals surface area contributed by atoms with E-state index in [2.05, 4.69) is 18.3 Å². The second kappa shape index (κ2) is 9.50. The Morgan fingerprint density at radius 1 is 1.46 bits per heavy atom. The maximum Gasteiger partial charge on any atom is 0.0666 e. The van der Waals surface area contributed by atoms with Crippen molar-refractivity contribution in [1.29, 1.82) is 5.26 Å². The van der Waals surface area contributed by atoms with Crippen LogP contribution < -0.4 is 5.32 Å². The minimum atomic E-state index is 0.108. The molecule has 0 saturated carbocycles. The highest BCUT2D eigenvalue weighted by Gasteiger charge is 1.96. The third-order valence-corrected chi connectivity index (χ3v) is 1.66. The Balaban J connectivity index is 2.96. The molecule has 0 fully saturated rings. The lowest BCUT2D eigenvalue weighted by Crippen LogP contribution is -2.22. The molecule has 0 rings (SSSR count). The second-order valence-electron chi connectivity index (χ2n) is 3.20. The summed E-state index contributed by atoms with van der Waals surface area (Å²) in [5.41, 5.74) is 0. The number of ether oxygens (including phenoxy) is 1. The maximum atomic E-state index is 8.49. The summed E-state index contributed by atoms with van der Waals surface area (Å²) in [5.74, 6) is 0.108. The largest absolute Gasteiger partial charge is 0.381 e. The van der Waals surface area contributed by atoms with Crippen molar-refractivity contribution in [2.24, 2.45) is 5.92 Å². The third kappa shape index (κ3) is 9.32. The molecule has 0 aliphatic rings. The number of nitrogens with one attached hydrogen (secondary N) is 1. The van der Waals surface area contributed by atoms with E-state index >= 15 is 0 Å². The summed E-state index contributed by atoms with van der Waals surface area (Å²) in [6.07, 6.45) is 2.11. The van der Waals surface area contributed by atoms with Crippen LogP contribution in [0.3, 0.4) is 0 Å². The molecular formula is C10H20N2O. The summed E-state index contributed by atoms with van der Waals surface area (Å²) in [5, 5.41) is 11.7. The van der Waals surface area contributed by atoms with Crippen LogP contribution in [-0.4, -0.2) is 26.3 Å². The summed E-state index contributed by atoms with van der Waals surface area (Å²) in [4.78, 5) is 0. The minimum absolute atomic E-state index is 0.108. The number of hydrogen-bond acceptors (Lipinski definition) is 3. The molecule has 0 bridgehead atoms. The van der Waals surface area contributed by atoms with E-state index in [9.17, 15) is 0 Å². The Kier molecular flexibility index (Phi) is 9.07. The number of hydrogen-bond donors (Lipinski definition) is 1. The van der Waals surface area contributed by atoms with Crippen LogP contribution in [0.1, 0.15) is 26.7 Å². The number of rotatable bonds is 8. The lowest BCUT2D eigenvalue weighted by Gasteiger charge is -2.05. The molecule has 0 saturated heterocycles. The van der Waals surface area contributed by atoms with E-state index in [0.29, 0.717) is 0 Å². The Hall–Kier alpha value is -0.590. The highest BCUT2D eigenvalue weighted by Crippen LogP contribution is 1.88. The molecule has 0 heterocycles. The third-order valence-electron chi connectivity index (χ3n) is 1.66. The Morgan fingerprint density at radius 2 is 2.23 bits per heavy atom. The maximum absolute atomic E-state index is 8.49. The van der Waals surface area contributed by atoms with Gasteiger partial charge in [-0.15, -0.1) is 0 Å². The van der Waals surface area contributed by atoms with E-state index in [4.69, 9.17) is 10.00 Å². The molecule has 3 nitrogen and oxygen atoms in total. The van der Waals surface area contributed by atoms with E-state index in [-0.39, 0.29) is 5.92 Å². The molecule has 0 aromatic carbocycles. The van der Waals surface area contributed by atoms with Gasteiger partial charge in [-0.1, -0.05) is 6.92 Å². The molecule has 3 heteroatoms. The number of nitrogens with zero attached hydrogens (tertiary/aromatic N) is 1. The molecule has 0 radical (unpaired) electrons. The van der Waals surface area contributed by atoms with Gasteiger partial charge in [0.2, 0.25) is 0 Å². The fraction of sp³-hybridized carbons (Fsp3) is 0.900. The lowest BCUT2D eigenvalue weighted by atomic mass is 10.2. The van der Waals surface area contributed by atoms with Gasteiger partial charge in [0.25, 0.3) is 0 Å². The van der Waals surface area contributed by atoms with Crippen molar-refractivity contribution in [2.45, 2.75) is 26.7 Å². The van der Waals surface area contributed by atoms with E-state index in [0.717, 1.165) is 39.1 Å². The molecule has 1 unspecified atom stereocenters. The molecular weight excluding hydrogens is 164 g/mol. The predicted octanol–water partition coefficient (Wildman–Crippen LogP) is 1.55. The zero-order valence-corrected chi connectivity index (χ0v) is 8.68. The first kappa shape index (κ1) is 12.4. The van der Waals surface area contributed by atoms with E-state index in [1.54, 1.807) is 0 Å². The molecule has 1 atom stereocenters. The monoisotopic (exact) mass is 184 g/mol. The Bertz CT molecular complexity index is 142. The van der Waals surface area contributed by atoms with Gasteiger partial charge in [0.1, 0.15) is 0 Å². The quantitative estimate of drug-likeness (QED) is 0.582. The predicted molar refractivity (Wildman–Crippen MR) is 53.4 cm³/mol. The van der Waals surface area contributed by atoms with Gasteiger partial charge in [0, 0.05) is 19.8 Å². The summed E-state index contributed by atoms with van der Waals surface area (Å²) >= 11 is 0. The van der Waals surface area contributed by atoms with Crippen molar-refractivity contribution < 1.29 is 4.74 Å². The average molecular weight is 184 g/mol. The van der Waals surface area contributed by atoms with Gasteiger partial charge in [-0.2, -0.15) is 5.26 Å². The molecule has 0 aromatic rings. The van der Waals surface area contributed by atoms with Crippen molar-refractivity contribution in [3.8, 4) is 6.07 Å². The van der Waals surface area contributed by atoms with Gasteiger partial charge >= 0.3 is 0 Å². The molecule has 0 aliphatic carbocycles. The van der Waals surface area contributed by atoms with Crippen molar-refractivity contribution in [3.05, 3.63) is 0 Å². The second-order valence-corrected chi connectivity index (χ2v) is 3.20.